The monoisotopic (exact) mass is 84.1 g/mol. The zero-order valence-electron chi connectivity index (χ0n) is 3.73. The zero-order chi connectivity index (χ0) is 4.73. The van der Waals surface area contributed by atoms with E-state index in [0.717, 1.165) is 0 Å². The molecule has 1 rings (SSSR count). The van der Waals surface area contributed by atoms with E-state index in [0.29, 0.717) is 11.6 Å². The molecule has 0 heterocycles. The van der Waals surface area contributed by atoms with E-state index in [2.05, 4.69) is 0 Å². The molecule has 1 saturated carbocycles. The molecule has 1 aliphatic carbocycles. The van der Waals surface area contributed by atoms with Crippen LogP contribution in [0.4, 0.5) is 0 Å². The van der Waals surface area contributed by atoms with Gasteiger partial charge in [0.15, 0.2) is 0 Å². The van der Waals surface area contributed by atoms with Crippen LogP contribution in [0.15, 0.2) is 0 Å². The average Bonchev–Trinajstić information content (AvgIpc) is 1.94. The van der Waals surface area contributed by atoms with Crippen LogP contribution in [-0.2, 0) is 0 Å². The van der Waals surface area contributed by atoms with Gasteiger partial charge in [-0.1, -0.05) is 6.92 Å². The van der Waals surface area contributed by atoms with Gasteiger partial charge in [-0.25, -0.2) is 0 Å². The summed E-state index contributed by atoms with van der Waals surface area (Å²) in [5.41, 5.74) is 5.99. The quantitative estimate of drug-likeness (QED) is 0.426. The Morgan fingerprint density at radius 2 is 2.00 bits per heavy atom. The first-order valence-electron chi connectivity index (χ1n) is 2.07. The highest BCUT2D eigenvalue weighted by atomic mass is 14.8. The maximum atomic E-state index is 6.90. The number of hydrogen-bond acceptors (Lipinski definition) is 2. The van der Waals surface area contributed by atoms with Crippen LogP contribution in [0.1, 0.15) is 6.92 Å². The van der Waals surface area contributed by atoms with Gasteiger partial charge in [-0.15, -0.1) is 0 Å². The van der Waals surface area contributed by atoms with Crippen molar-refractivity contribution < 1.29 is 0 Å². The van der Waals surface area contributed by atoms with Crippen LogP contribution in [0.2, 0.25) is 0 Å². The molecule has 0 aliphatic heterocycles. The molecule has 0 radical (unpaired) electrons. The summed E-state index contributed by atoms with van der Waals surface area (Å²) in [5.74, 6) is 0.380. The molecule has 1 unspecified atom stereocenters. The van der Waals surface area contributed by atoms with Crippen molar-refractivity contribution in [3.8, 4) is 0 Å². The molecule has 1 fully saturated rings. The van der Waals surface area contributed by atoms with Crippen LogP contribution in [0, 0.1) is 11.3 Å². The lowest BCUT2D eigenvalue weighted by atomic mass is 10.5. The second-order valence-corrected chi connectivity index (χ2v) is 1.77. The maximum Gasteiger partial charge on any atom is 0.0505 e. The third-order valence-corrected chi connectivity index (χ3v) is 1.28. The van der Waals surface area contributed by atoms with E-state index in [-0.39, 0.29) is 6.04 Å². The van der Waals surface area contributed by atoms with Crippen molar-refractivity contribution in [3.05, 3.63) is 0 Å². The molecular weight excluding hydrogens is 76.1 g/mol. The van der Waals surface area contributed by atoms with E-state index >= 15 is 0 Å². The summed E-state index contributed by atoms with van der Waals surface area (Å²) >= 11 is 0. The van der Waals surface area contributed by atoms with Gasteiger partial charge in [0.25, 0.3) is 0 Å². The Kier molecular flexibility index (Phi) is 0.520. The molecule has 0 amide bonds. The predicted octanol–water partition coefficient (Wildman–Crippen LogP) is -0.0168. The first kappa shape index (κ1) is 3.81. The molecule has 0 bridgehead atoms. The summed E-state index contributed by atoms with van der Waals surface area (Å²) in [6.07, 6.45) is 0. The third-order valence-electron chi connectivity index (χ3n) is 1.28. The zero-order valence-corrected chi connectivity index (χ0v) is 3.73. The van der Waals surface area contributed by atoms with Crippen molar-refractivity contribution in [3.63, 3.8) is 0 Å². The van der Waals surface area contributed by atoms with Crippen LogP contribution in [0.5, 0.6) is 0 Å². The number of rotatable bonds is 0. The lowest BCUT2D eigenvalue weighted by Crippen LogP contribution is -2.01. The number of nitrogens with one attached hydrogen (secondary N) is 1. The van der Waals surface area contributed by atoms with Crippen LogP contribution < -0.4 is 5.73 Å². The lowest BCUT2D eigenvalue weighted by molar-refractivity contribution is 0.898. The minimum Gasteiger partial charge on any atom is -0.322 e. The second-order valence-electron chi connectivity index (χ2n) is 1.77. The van der Waals surface area contributed by atoms with Gasteiger partial charge in [-0.3, -0.25) is 0 Å². The van der Waals surface area contributed by atoms with Crippen molar-refractivity contribution in [2.24, 2.45) is 11.7 Å². The molecule has 0 aromatic heterocycles. The minimum absolute atomic E-state index is 0.102. The highest BCUT2D eigenvalue weighted by Gasteiger charge is 2.36. The Balaban J connectivity index is 2.51. The van der Waals surface area contributed by atoms with Gasteiger partial charge in [-0.05, 0) is 0 Å². The van der Waals surface area contributed by atoms with Gasteiger partial charge in [-0.2, -0.15) is 0 Å². The Morgan fingerprint density at radius 3 is 2.00 bits per heavy atom. The standard InChI is InChI=1S/C4H8N2/c1-2-3(5)4(2)6/h2-3,6H,5H2,1H3/t2?,3-/m1/s1. The van der Waals surface area contributed by atoms with E-state index in [1.807, 2.05) is 6.92 Å². The Hall–Kier alpha value is -0.370. The number of hydrogen-bond donors (Lipinski definition) is 2. The van der Waals surface area contributed by atoms with E-state index in [9.17, 15) is 0 Å². The van der Waals surface area contributed by atoms with Gasteiger partial charge in [0.1, 0.15) is 0 Å². The fourth-order valence-corrected chi connectivity index (χ4v) is 0.421. The highest BCUT2D eigenvalue weighted by Crippen LogP contribution is 2.20. The molecule has 6 heavy (non-hydrogen) atoms. The van der Waals surface area contributed by atoms with Crippen LogP contribution in [0.25, 0.3) is 0 Å². The van der Waals surface area contributed by atoms with Crippen molar-refractivity contribution in [1.29, 1.82) is 5.41 Å². The summed E-state index contributed by atoms with van der Waals surface area (Å²) in [5, 5.41) is 6.90. The Morgan fingerprint density at radius 1 is 1.83 bits per heavy atom. The molecule has 2 atom stereocenters. The smallest absolute Gasteiger partial charge is 0.0505 e. The molecule has 34 valence electrons. The predicted molar refractivity (Wildman–Crippen MR) is 24.9 cm³/mol. The summed E-state index contributed by atoms with van der Waals surface area (Å²) < 4.78 is 0. The molecule has 0 spiro atoms. The molecule has 0 aromatic carbocycles. The van der Waals surface area contributed by atoms with Crippen molar-refractivity contribution in [1.82, 2.24) is 0 Å². The number of nitrogens with two attached hydrogens (primary N) is 1. The lowest BCUT2D eigenvalue weighted by Gasteiger charge is -1.66. The van der Waals surface area contributed by atoms with Crippen molar-refractivity contribution >= 4 is 5.71 Å². The molecule has 2 nitrogen and oxygen atoms in total. The molecule has 3 N–H and O–H groups in total. The van der Waals surface area contributed by atoms with Gasteiger partial charge < -0.3 is 11.1 Å². The summed E-state index contributed by atoms with van der Waals surface area (Å²) in [4.78, 5) is 0. The van der Waals surface area contributed by atoms with Crippen LogP contribution in [-0.4, -0.2) is 11.8 Å². The molecular formula is C4H8N2. The minimum atomic E-state index is 0.102. The first-order valence-corrected chi connectivity index (χ1v) is 2.07. The molecule has 0 aromatic rings. The first-order chi connectivity index (χ1) is 2.73. The summed E-state index contributed by atoms with van der Waals surface area (Å²) in [6.45, 7) is 1.97. The highest BCUT2D eigenvalue weighted by molar-refractivity contribution is 6.04. The second kappa shape index (κ2) is 0.819. The Bertz CT molecular complexity index is 77.5. The van der Waals surface area contributed by atoms with E-state index in [4.69, 9.17) is 11.1 Å². The topological polar surface area (TPSA) is 49.9 Å². The molecule has 1 aliphatic rings. The maximum absolute atomic E-state index is 6.90. The van der Waals surface area contributed by atoms with Crippen LogP contribution >= 0.6 is 0 Å². The van der Waals surface area contributed by atoms with Crippen molar-refractivity contribution in [2.75, 3.05) is 0 Å². The van der Waals surface area contributed by atoms with E-state index in [1.165, 1.54) is 0 Å². The van der Waals surface area contributed by atoms with Gasteiger partial charge >= 0.3 is 0 Å². The molecule has 2 heteroatoms. The van der Waals surface area contributed by atoms with Gasteiger partial charge in [0, 0.05) is 11.6 Å². The van der Waals surface area contributed by atoms with E-state index in [1.54, 1.807) is 0 Å². The SMILES string of the molecule is CC1C(=N)[C@@H]1N. The normalized spacial score (nSPS) is 43.3. The third kappa shape index (κ3) is 0.271. The van der Waals surface area contributed by atoms with Crippen molar-refractivity contribution in [2.45, 2.75) is 13.0 Å². The van der Waals surface area contributed by atoms with Gasteiger partial charge in [0.2, 0.25) is 0 Å². The fraction of sp³-hybridized carbons (Fsp3) is 0.750. The van der Waals surface area contributed by atoms with Crippen LogP contribution in [0.3, 0.4) is 0 Å². The molecule has 0 saturated heterocycles. The summed E-state index contributed by atoms with van der Waals surface area (Å²) in [7, 11) is 0. The summed E-state index contributed by atoms with van der Waals surface area (Å²) in [6, 6.07) is 0.102. The van der Waals surface area contributed by atoms with E-state index < -0.39 is 0 Å². The largest absolute Gasteiger partial charge is 0.322 e. The fourth-order valence-electron chi connectivity index (χ4n) is 0.421. The Labute approximate surface area is 36.9 Å². The average molecular weight is 84.1 g/mol. The van der Waals surface area contributed by atoms with Gasteiger partial charge in [0.05, 0.1) is 6.04 Å².